The van der Waals surface area contributed by atoms with Crippen LogP contribution in [-0.4, -0.2) is 0 Å². The quantitative estimate of drug-likeness (QED) is 0.211. The molecule has 0 unspecified atom stereocenters. The topological polar surface area (TPSA) is 285 Å². The molecule has 0 aliphatic rings. The van der Waals surface area contributed by atoms with Gasteiger partial charge in [-0.2, -0.15) is 0 Å². The van der Waals surface area contributed by atoms with E-state index in [0.717, 1.165) is 0 Å². The Kier molecular flexibility index (Phi) is 32200. The largest absolute Gasteiger partial charge is 3.00 e. The SMILES string of the molecule is [C-]#N.[C-]#N.[C-]#N.[C-]#N.[C-]#N.[C-]#N.[C-]#N.[C-]#N.[C-]#N.[C-]#N.[C-]#N.[C-]#N.[Fe+3].[Fe+3].[H-].[K+].[Ni+2].[Ni+2].[Ni+2]. The van der Waals surface area contributed by atoms with Gasteiger partial charge in [0, 0.05) is 0 Å². The Bertz CT molecular complexity index is 247. The summed E-state index contributed by atoms with van der Waals surface area (Å²) in [5, 5.41) is 75.0. The van der Waals surface area contributed by atoms with Gasteiger partial charge in [0.1, 0.15) is 0 Å². The molecule has 0 N–H and O–H groups in total. The van der Waals surface area contributed by atoms with Crippen LogP contribution in [0.4, 0.5) is 0 Å². The molecule has 30 heavy (non-hydrogen) atoms. The summed E-state index contributed by atoms with van der Waals surface area (Å²) in [6, 6.07) is 0. The average molecular weight is 640 g/mol. The van der Waals surface area contributed by atoms with Crippen LogP contribution in [0, 0.1) is 142 Å². The molecular formula is C12HFe2KN12Ni3. The summed E-state index contributed by atoms with van der Waals surface area (Å²) >= 11 is 0. The zero-order valence-corrected chi connectivity index (χ0v) is 22.3. The fraction of sp³-hybridized carbons (Fsp3) is 0. The van der Waals surface area contributed by atoms with Crippen LogP contribution in [0.5, 0.6) is 0 Å². The molecule has 12 nitrogen and oxygen atoms in total. The Balaban J connectivity index is -0.00000000292. The second kappa shape index (κ2) is 4750. The molecule has 0 atom stereocenters. The van der Waals surface area contributed by atoms with E-state index in [1.807, 2.05) is 0 Å². The fourth-order valence-electron chi connectivity index (χ4n) is 0. The molecular weight excluding hydrogens is 639 g/mol. The van der Waals surface area contributed by atoms with E-state index in [2.05, 4.69) is 0 Å². The molecule has 0 spiro atoms. The Morgan fingerprint density at radius 3 is 0.233 bits per heavy atom. The smallest absolute Gasteiger partial charge is 1.00 e. The van der Waals surface area contributed by atoms with Crippen molar-refractivity contribution in [1.29, 1.82) is 63.1 Å². The number of hydrogen-bond donors (Lipinski definition) is 0. The van der Waals surface area contributed by atoms with Gasteiger partial charge in [0.15, 0.2) is 0 Å². The normalized spacial score (nSPS) is 0.800. The molecule has 0 saturated heterocycles. The number of nitrogens with zero attached hydrogens (tertiary/aromatic N) is 12. The van der Waals surface area contributed by atoms with Crippen molar-refractivity contribution in [2.45, 2.75) is 0 Å². The minimum atomic E-state index is 0. The zero-order chi connectivity index (χ0) is 24.0. The van der Waals surface area contributed by atoms with E-state index in [0.29, 0.717) is 0 Å². The van der Waals surface area contributed by atoms with Crippen molar-refractivity contribution in [2.75, 3.05) is 0 Å². The predicted molar refractivity (Wildman–Crippen MR) is 60.7 cm³/mol. The van der Waals surface area contributed by atoms with Crippen LogP contribution in [-0.2, 0) is 83.6 Å². The van der Waals surface area contributed by atoms with Crippen molar-refractivity contribution < 1.29 is 136 Å². The third-order valence-corrected chi connectivity index (χ3v) is 0. The van der Waals surface area contributed by atoms with Gasteiger partial charge in [-0.05, 0) is 0 Å². The van der Waals surface area contributed by atoms with Crippen molar-refractivity contribution in [2.24, 2.45) is 0 Å². The molecule has 0 rings (SSSR count). The minimum absolute atomic E-state index is 0. The number of hydrogen-bond acceptors (Lipinski definition) is 12. The first-order valence-electron chi connectivity index (χ1n) is 2.68. The third-order valence-electron chi connectivity index (χ3n) is 0. The van der Waals surface area contributed by atoms with Gasteiger partial charge in [-0.15, -0.1) is 0 Å². The molecule has 0 aliphatic heterocycles. The van der Waals surface area contributed by atoms with E-state index in [-0.39, 0.29) is 136 Å². The molecule has 0 heterocycles. The van der Waals surface area contributed by atoms with Crippen molar-refractivity contribution in [3.8, 4) is 0 Å². The van der Waals surface area contributed by atoms with E-state index >= 15 is 0 Å². The molecule has 0 bridgehead atoms. The third kappa shape index (κ3) is 4230. The van der Waals surface area contributed by atoms with Gasteiger partial charge in [-0.1, -0.05) is 0 Å². The summed E-state index contributed by atoms with van der Waals surface area (Å²) in [5.41, 5.74) is 0. The second-order valence-electron chi connectivity index (χ2n) is 0. The van der Waals surface area contributed by atoms with Gasteiger partial charge in [0.2, 0.25) is 0 Å². The van der Waals surface area contributed by atoms with Crippen LogP contribution < -0.4 is 51.4 Å². The second-order valence-corrected chi connectivity index (χ2v) is 0. The predicted octanol–water partition coefficient (Wildman–Crippen LogP) is -1.74. The molecule has 0 aromatic rings. The summed E-state index contributed by atoms with van der Waals surface area (Å²) in [7, 11) is 0. The molecule has 0 fully saturated rings. The molecule has 156 valence electrons. The standard InChI is InChI=1S/12CN.2Fe.K.3Ni.H/c12*1-2;;;;;;;/q12*-1;2*+3;+1;3*+2;-1. The van der Waals surface area contributed by atoms with E-state index in [1.54, 1.807) is 0 Å². The van der Waals surface area contributed by atoms with Gasteiger partial charge >= 0.3 is 135 Å². The number of rotatable bonds is 0. The van der Waals surface area contributed by atoms with E-state index in [4.69, 9.17) is 142 Å². The Morgan fingerprint density at radius 1 is 0.233 bits per heavy atom. The molecule has 18 heteroatoms. The Hall–Kier alpha value is -1.96. The van der Waals surface area contributed by atoms with E-state index in [1.165, 1.54) is 0 Å². The Morgan fingerprint density at radius 2 is 0.233 bits per heavy atom. The zero-order valence-electron chi connectivity index (χ0n) is 15.0. The van der Waals surface area contributed by atoms with Crippen molar-refractivity contribution >= 4 is 0 Å². The average Bonchev–Trinajstić information content (AvgIpc) is 2.84. The summed E-state index contributed by atoms with van der Waals surface area (Å²) in [6.45, 7) is 57.0. The summed E-state index contributed by atoms with van der Waals surface area (Å²) in [5.74, 6) is 0. The van der Waals surface area contributed by atoms with Gasteiger partial charge < -0.3 is 143 Å². The maximum Gasteiger partial charge on any atom is 3.00 e. The monoisotopic (exact) mass is 638 g/mol. The van der Waals surface area contributed by atoms with Crippen molar-refractivity contribution in [3.05, 3.63) is 78.9 Å². The van der Waals surface area contributed by atoms with Crippen LogP contribution in [0.2, 0.25) is 0 Å². The van der Waals surface area contributed by atoms with E-state index < -0.39 is 0 Å². The van der Waals surface area contributed by atoms with Gasteiger partial charge in [-0.3, -0.25) is 0 Å². The Labute approximate surface area is 274 Å². The van der Waals surface area contributed by atoms with Crippen LogP contribution in [0.3, 0.4) is 0 Å². The van der Waals surface area contributed by atoms with Crippen molar-refractivity contribution in [3.63, 3.8) is 0 Å². The van der Waals surface area contributed by atoms with E-state index in [9.17, 15) is 0 Å². The maximum atomic E-state index is 6.25. The molecule has 0 aromatic heterocycles. The van der Waals surface area contributed by atoms with Crippen LogP contribution in [0.1, 0.15) is 1.43 Å². The van der Waals surface area contributed by atoms with Crippen LogP contribution in [0.25, 0.3) is 0 Å². The van der Waals surface area contributed by atoms with Crippen LogP contribution in [0.15, 0.2) is 0 Å². The van der Waals surface area contributed by atoms with Gasteiger partial charge in [0.05, 0.1) is 0 Å². The van der Waals surface area contributed by atoms with Gasteiger partial charge in [0.25, 0.3) is 0 Å². The summed E-state index contributed by atoms with van der Waals surface area (Å²) in [6.07, 6.45) is 0. The maximum absolute atomic E-state index is 6.25. The molecule has 0 aromatic carbocycles. The minimum Gasteiger partial charge on any atom is -1.00 e. The summed E-state index contributed by atoms with van der Waals surface area (Å²) in [4.78, 5) is 0. The molecule has 0 saturated carbocycles. The molecule has 0 amide bonds. The van der Waals surface area contributed by atoms with Gasteiger partial charge in [-0.25, -0.2) is 0 Å². The first kappa shape index (κ1) is 203. The molecule has 2 radical (unpaired) electrons. The fourth-order valence-corrected chi connectivity index (χ4v) is 0. The van der Waals surface area contributed by atoms with Crippen molar-refractivity contribution in [1.82, 2.24) is 0 Å². The first-order chi connectivity index (χ1) is 12.0. The summed E-state index contributed by atoms with van der Waals surface area (Å²) < 4.78 is 0. The van der Waals surface area contributed by atoms with Crippen LogP contribution >= 0.6 is 0 Å². The first-order valence-corrected chi connectivity index (χ1v) is 2.68. The molecule has 0 aliphatic carbocycles.